The molecule has 1 fully saturated rings. The van der Waals surface area contributed by atoms with E-state index >= 15 is 0 Å². The lowest BCUT2D eigenvalue weighted by Crippen LogP contribution is -2.29. The molecule has 2 aromatic heterocycles. The molecule has 0 saturated carbocycles. The normalized spacial score (nSPS) is 13.5. The molecule has 2 amide bonds. The van der Waals surface area contributed by atoms with Gasteiger partial charge in [0.2, 0.25) is 5.82 Å². The number of amides is 2. The van der Waals surface area contributed by atoms with Gasteiger partial charge < -0.3 is 14.8 Å². The number of likely N-dealkylation sites (tertiary alicyclic amines) is 1. The smallest absolute Gasteiger partial charge is 0.289 e. The molecule has 0 bridgehead atoms. The highest BCUT2D eigenvalue weighted by atomic mass is 16.2. The maximum atomic E-state index is 12.6. The Morgan fingerprint density at radius 3 is 2.46 bits per heavy atom. The van der Waals surface area contributed by atoms with Crippen molar-refractivity contribution >= 4 is 17.6 Å². The predicted octanol–water partition coefficient (Wildman–Crippen LogP) is 2.97. The topological polar surface area (TPSA) is 80.1 Å². The quantitative estimate of drug-likeness (QED) is 0.760. The van der Waals surface area contributed by atoms with E-state index in [1.54, 1.807) is 34.8 Å². The summed E-state index contributed by atoms with van der Waals surface area (Å²) in [5, 5.41) is 2.74. The molecular formula is C21H21N5O2. The Balaban J connectivity index is 1.51. The lowest BCUT2D eigenvalue weighted by molar-refractivity contribution is 0.0777. The molecule has 3 heterocycles. The molecule has 0 atom stereocenters. The maximum Gasteiger partial charge on any atom is 0.289 e. The number of anilines is 1. The summed E-state index contributed by atoms with van der Waals surface area (Å²) in [7, 11) is 1.75. The minimum Gasteiger partial charge on any atom is -0.336 e. The monoisotopic (exact) mass is 375 g/mol. The fourth-order valence-electron chi connectivity index (χ4n) is 3.30. The van der Waals surface area contributed by atoms with Crippen LogP contribution >= 0.6 is 0 Å². The zero-order chi connectivity index (χ0) is 19.5. The summed E-state index contributed by atoms with van der Waals surface area (Å²) in [5.74, 6) is 0.186. The van der Waals surface area contributed by atoms with Crippen molar-refractivity contribution in [2.24, 2.45) is 7.05 Å². The number of imidazole rings is 1. The van der Waals surface area contributed by atoms with Crippen LogP contribution < -0.4 is 5.32 Å². The minimum absolute atomic E-state index is 0.107. The molecule has 3 aromatic rings. The van der Waals surface area contributed by atoms with Gasteiger partial charge in [-0.25, -0.2) is 9.97 Å². The molecule has 0 radical (unpaired) electrons. The van der Waals surface area contributed by atoms with Crippen molar-refractivity contribution in [2.45, 2.75) is 12.8 Å². The van der Waals surface area contributed by atoms with Gasteiger partial charge in [0, 0.05) is 31.9 Å². The van der Waals surface area contributed by atoms with Crippen LogP contribution in [-0.4, -0.2) is 44.3 Å². The number of hydrogen-bond acceptors (Lipinski definition) is 4. The number of rotatable bonds is 4. The number of nitrogens with one attached hydrogen (secondary N) is 1. The molecule has 142 valence electrons. The van der Waals surface area contributed by atoms with Gasteiger partial charge in [0.1, 0.15) is 5.69 Å². The zero-order valence-electron chi connectivity index (χ0n) is 15.6. The molecule has 4 rings (SSSR count). The number of pyridine rings is 1. The van der Waals surface area contributed by atoms with Crippen LogP contribution in [0.2, 0.25) is 0 Å². The lowest BCUT2D eigenvalue weighted by Gasteiger charge is -2.14. The molecule has 1 aliphatic heterocycles. The number of carbonyl (C=O) groups is 2. The molecule has 1 aromatic carbocycles. The summed E-state index contributed by atoms with van der Waals surface area (Å²) in [6.45, 7) is 1.51. The molecule has 0 unspecified atom stereocenters. The largest absolute Gasteiger partial charge is 0.336 e. The zero-order valence-corrected chi connectivity index (χ0v) is 15.6. The van der Waals surface area contributed by atoms with Crippen molar-refractivity contribution in [1.82, 2.24) is 19.4 Å². The lowest BCUT2D eigenvalue weighted by atomic mass is 10.1. The van der Waals surface area contributed by atoms with Crippen LogP contribution in [0.4, 0.5) is 5.82 Å². The molecular weight excluding hydrogens is 354 g/mol. The summed E-state index contributed by atoms with van der Waals surface area (Å²) in [5.41, 5.74) is 1.95. The van der Waals surface area contributed by atoms with E-state index in [-0.39, 0.29) is 11.8 Å². The summed E-state index contributed by atoms with van der Waals surface area (Å²) >= 11 is 0. The molecule has 1 aliphatic rings. The third-order valence-electron chi connectivity index (χ3n) is 4.75. The van der Waals surface area contributed by atoms with Crippen LogP contribution in [0.1, 0.15) is 33.9 Å². The molecule has 7 nitrogen and oxygen atoms in total. The number of benzene rings is 1. The summed E-state index contributed by atoms with van der Waals surface area (Å²) in [6.07, 6.45) is 3.68. The Bertz CT molecular complexity index is 1010. The first-order valence-corrected chi connectivity index (χ1v) is 9.28. The second-order valence-corrected chi connectivity index (χ2v) is 6.79. The van der Waals surface area contributed by atoms with E-state index < -0.39 is 0 Å². The van der Waals surface area contributed by atoms with Crippen molar-refractivity contribution in [1.29, 1.82) is 0 Å². The second-order valence-electron chi connectivity index (χ2n) is 6.79. The fourth-order valence-corrected chi connectivity index (χ4v) is 3.30. The first-order chi connectivity index (χ1) is 13.6. The van der Waals surface area contributed by atoms with Gasteiger partial charge in [-0.3, -0.25) is 9.59 Å². The third-order valence-corrected chi connectivity index (χ3v) is 4.75. The first kappa shape index (κ1) is 17.9. The van der Waals surface area contributed by atoms with Crippen LogP contribution in [0.25, 0.3) is 11.3 Å². The molecule has 7 heteroatoms. The van der Waals surface area contributed by atoms with Crippen LogP contribution in [0, 0.1) is 0 Å². The van der Waals surface area contributed by atoms with Crippen molar-refractivity contribution in [3.05, 3.63) is 66.2 Å². The van der Waals surface area contributed by atoms with Gasteiger partial charge in [-0.15, -0.1) is 0 Å². The highest BCUT2D eigenvalue weighted by Crippen LogP contribution is 2.18. The van der Waals surface area contributed by atoms with Crippen LogP contribution in [0.3, 0.4) is 0 Å². The first-order valence-electron chi connectivity index (χ1n) is 9.28. The number of nitrogens with zero attached hydrogens (tertiary/aromatic N) is 4. The van der Waals surface area contributed by atoms with Crippen molar-refractivity contribution in [3.63, 3.8) is 0 Å². The van der Waals surface area contributed by atoms with Gasteiger partial charge in [-0.05, 0) is 25.0 Å². The van der Waals surface area contributed by atoms with Gasteiger partial charge in [0.05, 0.1) is 5.69 Å². The van der Waals surface area contributed by atoms with Crippen molar-refractivity contribution in [3.8, 4) is 11.3 Å². The van der Waals surface area contributed by atoms with Gasteiger partial charge >= 0.3 is 0 Å². The Morgan fingerprint density at radius 2 is 1.71 bits per heavy atom. The maximum absolute atomic E-state index is 12.6. The molecule has 0 spiro atoms. The van der Waals surface area contributed by atoms with Crippen molar-refractivity contribution < 1.29 is 9.59 Å². The predicted molar refractivity (Wildman–Crippen MR) is 106 cm³/mol. The van der Waals surface area contributed by atoms with E-state index in [0.717, 1.165) is 37.2 Å². The van der Waals surface area contributed by atoms with Crippen LogP contribution in [-0.2, 0) is 7.05 Å². The van der Waals surface area contributed by atoms with Crippen molar-refractivity contribution in [2.75, 3.05) is 18.4 Å². The number of hydrogen-bond donors (Lipinski definition) is 1. The van der Waals surface area contributed by atoms with Gasteiger partial charge in [0.15, 0.2) is 5.82 Å². The summed E-state index contributed by atoms with van der Waals surface area (Å²) in [4.78, 5) is 35.7. The fraction of sp³-hybridized carbons (Fsp3) is 0.238. The summed E-state index contributed by atoms with van der Waals surface area (Å²) < 4.78 is 1.64. The molecule has 28 heavy (non-hydrogen) atoms. The van der Waals surface area contributed by atoms with E-state index in [2.05, 4.69) is 15.3 Å². The van der Waals surface area contributed by atoms with Gasteiger partial charge in [-0.2, -0.15) is 0 Å². The Kier molecular flexibility index (Phi) is 4.89. The number of aryl methyl sites for hydroxylation is 1. The molecule has 1 N–H and O–H groups in total. The SMILES string of the molecule is Cn1cc(NC(=O)c2cccc(-c3ccccc3)n2)nc1C(=O)N1CCCC1. The average Bonchev–Trinajstić information content (AvgIpc) is 3.38. The highest BCUT2D eigenvalue weighted by molar-refractivity contribution is 6.03. The van der Waals surface area contributed by atoms with E-state index in [9.17, 15) is 9.59 Å². The van der Waals surface area contributed by atoms with Crippen LogP contribution in [0.15, 0.2) is 54.7 Å². The van der Waals surface area contributed by atoms with Crippen LogP contribution in [0.5, 0.6) is 0 Å². The van der Waals surface area contributed by atoms with E-state index in [0.29, 0.717) is 17.3 Å². The van der Waals surface area contributed by atoms with Gasteiger partial charge in [-0.1, -0.05) is 36.4 Å². The van der Waals surface area contributed by atoms with Gasteiger partial charge in [0.25, 0.3) is 11.8 Å². The Labute approximate surface area is 163 Å². The van der Waals surface area contributed by atoms with E-state index in [1.807, 2.05) is 36.4 Å². The second kappa shape index (κ2) is 7.64. The molecule has 0 aliphatic carbocycles. The number of aromatic nitrogens is 3. The minimum atomic E-state index is -0.365. The van der Waals surface area contributed by atoms with E-state index in [4.69, 9.17) is 0 Å². The Hall–Kier alpha value is -3.48. The third kappa shape index (κ3) is 3.64. The standard InChI is InChI=1S/C21H21N5O2/c1-25-14-18(23-19(25)21(28)26-12-5-6-13-26)24-20(27)17-11-7-10-16(22-17)15-8-3-2-4-9-15/h2-4,7-11,14H,5-6,12-13H2,1H3,(H,24,27). The average molecular weight is 375 g/mol. The highest BCUT2D eigenvalue weighted by Gasteiger charge is 2.24. The summed E-state index contributed by atoms with van der Waals surface area (Å²) in [6, 6.07) is 15.0. The Morgan fingerprint density at radius 1 is 0.964 bits per heavy atom. The number of carbonyl (C=O) groups excluding carboxylic acids is 2. The van der Waals surface area contributed by atoms with E-state index in [1.165, 1.54) is 0 Å². The molecule has 1 saturated heterocycles.